The zero-order valence-electron chi connectivity index (χ0n) is 22.2. The van der Waals surface area contributed by atoms with E-state index in [4.69, 9.17) is 4.74 Å². The number of ether oxygens (including phenoxy) is 1. The molecule has 0 saturated carbocycles. The van der Waals surface area contributed by atoms with Crippen molar-refractivity contribution >= 4 is 17.6 Å². The summed E-state index contributed by atoms with van der Waals surface area (Å²) in [5.41, 5.74) is 2.47. The second-order valence-corrected chi connectivity index (χ2v) is 9.81. The Balaban J connectivity index is 1.57. The van der Waals surface area contributed by atoms with Gasteiger partial charge < -0.3 is 15.0 Å². The average molecular weight is 511 g/mol. The number of carbonyl (C=O) groups excluding carboxylic acids is 2. The maximum atomic E-state index is 13.4. The second-order valence-electron chi connectivity index (χ2n) is 9.81. The van der Waals surface area contributed by atoms with Crippen molar-refractivity contribution in [1.29, 1.82) is 0 Å². The lowest BCUT2D eigenvalue weighted by Gasteiger charge is -2.38. The predicted octanol–water partition coefficient (Wildman–Crippen LogP) is 7.19. The summed E-state index contributed by atoms with van der Waals surface area (Å²) in [7, 11) is 0. The van der Waals surface area contributed by atoms with Gasteiger partial charge in [0.2, 0.25) is 5.91 Å². The van der Waals surface area contributed by atoms with Crippen LogP contribution in [0.3, 0.4) is 0 Å². The molecule has 1 N–H and O–H groups in total. The van der Waals surface area contributed by atoms with E-state index in [9.17, 15) is 9.59 Å². The Morgan fingerprint density at radius 2 is 1.50 bits per heavy atom. The van der Waals surface area contributed by atoms with Gasteiger partial charge in [-0.3, -0.25) is 4.79 Å². The first-order valence-corrected chi connectivity index (χ1v) is 13.8. The molecule has 0 aliphatic carbocycles. The number of para-hydroxylation sites is 1. The van der Waals surface area contributed by atoms with Crippen LogP contribution < -0.4 is 5.32 Å². The maximum absolute atomic E-state index is 13.4. The smallest absolute Gasteiger partial charge is 0.338 e. The number of esters is 1. The van der Waals surface area contributed by atoms with E-state index in [1.165, 1.54) is 25.7 Å². The van der Waals surface area contributed by atoms with Gasteiger partial charge in [0.25, 0.3) is 0 Å². The Kier molecular flexibility index (Phi) is 10.1. The molecule has 0 saturated heterocycles. The molecular formula is C33H38N2O3. The van der Waals surface area contributed by atoms with E-state index in [-0.39, 0.29) is 24.6 Å². The molecule has 3 aromatic carbocycles. The molecule has 0 fully saturated rings. The molecule has 0 bridgehead atoms. The van der Waals surface area contributed by atoms with Crippen LogP contribution in [0.15, 0.2) is 103 Å². The first-order valence-electron chi connectivity index (χ1n) is 13.8. The fourth-order valence-electron chi connectivity index (χ4n) is 5.07. The summed E-state index contributed by atoms with van der Waals surface area (Å²) in [6, 6.07) is 28.4. The van der Waals surface area contributed by atoms with E-state index < -0.39 is 12.0 Å². The highest BCUT2D eigenvalue weighted by atomic mass is 16.5. The van der Waals surface area contributed by atoms with Gasteiger partial charge in [-0.1, -0.05) is 112 Å². The fourth-order valence-corrected chi connectivity index (χ4v) is 5.07. The van der Waals surface area contributed by atoms with Crippen molar-refractivity contribution in [2.24, 2.45) is 0 Å². The second kappa shape index (κ2) is 14.2. The number of nitrogens with one attached hydrogen (secondary N) is 1. The predicted molar refractivity (Wildman–Crippen MR) is 153 cm³/mol. The minimum atomic E-state index is -0.406. The van der Waals surface area contributed by atoms with Gasteiger partial charge in [-0.15, -0.1) is 0 Å². The molecule has 38 heavy (non-hydrogen) atoms. The third-order valence-electron chi connectivity index (χ3n) is 7.07. The normalized spacial score (nSPS) is 16.3. The first kappa shape index (κ1) is 27.2. The number of anilines is 1. The summed E-state index contributed by atoms with van der Waals surface area (Å²) in [4.78, 5) is 28.1. The molecule has 1 amide bonds. The molecule has 0 spiro atoms. The SMILES string of the molecule is CCCCCCC[C@@H](Nc1ccccc1)[C@@H]1C=CC(=O)N1[C@@H](COC(=O)c1ccccc1)c1ccccc1. The highest BCUT2D eigenvalue weighted by molar-refractivity contribution is 5.91. The van der Waals surface area contributed by atoms with Crippen molar-refractivity contribution in [3.63, 3.8) is 0 Å². The molecule has 3 aromatic rings. The Morgan fingerprint density at radius 3 is 2.18 bits per heavy atom. The number of amides is 1. The number of hydrogen-bond donors (Lipinski definition) is 1. The molecule has 0 aromatic heterocycles. The fraction of sp³-hybridized carbons (Fsp3) is 0.333. The van der Waals surface area contributed by atoms with Gasteiger partial charge in [0.15, 0.2) is 0 Å². The van der Waals surface area contributed by atoms with Crippen molar-refractivity contribution in [1.82, 2.24) is 4.90 Å². The number of unbranched alkanes of at least 4 members (excludes halogenated alkanes) is 4. The van der Waals surface area contributed by atoms with Crippen molar-refractivity contribution in [2.75, 3.05) is 11.9 Å². The van der Waals surface area contributed by atoms with Crippen molar-refractivity contribution in [3.05, 3.63) is 114 Å². The zero-order valence-corrected chi connectivity index (χ0v) is 22.2. The Labute approximate surface area is 226 Å². The lowest BCUT2D eigenvalue weighted by Crippen LogP contribution is -2.48. The average Bonchev–Trinajstić information content (AvgIpc) is 3.34. The van der Waals surface area contributed by atoms with Crippen LogP contribution in [0.2, 0.25) is 0 Å². The van der Waals surface area contributed by atoms with Crippen molar-refractivity contribution < 1.29 is 14.3 Å². The van der Waals surface area contributed by atoms with Gasteiger partial charge in [0.1, 0.15) is 6.61 Å². The summed E-state index contributed by atoms with van der Waals surface area (Å²) in [6.07, 6.45) is 10.5. The van der Waals surface area contributed by atoms with Gasteiger partial charge in [0.05, 0.1) is 23.7 Å². The van der Waals surface area contributed by atoms with Crippen LogP contribution in [0.4, 0.5) is 5.69 Å². The largest absolute Gasteiger partial charge is 0.460 e. The van der Waals surface area contributed by atoms with Crippen molar-refractivity contribution in [2.45, 2.75) is 63.6 Å². The summed E-state index contributed by atoms with van der Waals surface area (Å²) in [6.45, 7) is 2.30. The number of rotatable bonds is 14. The summed E-state index contributed by atoms with van der Waals surface area (Å²) in [5.74, 6) is -0.456. The van der Waals surface area contributed by atoms with E-state index in [0.29, 0.717) is 5.56 Å². The molecule has 1 aliphatic rings. The van der Waals surface area contributed by atoms with E-state index >= 15 is 0 Å². The minimum absolute atomic E-state index is 0.0257. The molecule has 4 rings (SSSR count). The van der Waals surface area contributed by atoms with E-state index in [0.717, 1.165) is 24.1 Å². The van der Waals surface area contributed by atoms with Gasteiger partial charge in [-0.25, -0.2) is 4.79 Å². The highest BCUT2D eigenvalue weighted by Gasteiger charge is 2.38. The van der Waals surface area contributed by atoms with Crippen LogP contribution in [-0.2, 0) is 9.53 Å². The van der Waals surface area contributed by atoms with Crippen LogP contribution in [-0.4, -0.2) is 35.5 Å². The van der Waals surface area contributed by atoms with E-state index in [1.54, 1.807) is 18.2 Å². The van der Waals surface area contributed by atoms with Gasteiger partial charge in [-0.05, 0) is 36.2 Å². The first-order chi connectivity index (χ1) is 18.7. The number of nitrogens with zero attached hydrogens (tertiary/aromatic N) is 1. The van der Waals surface area contributed by atoms with Crippen LogP contribution in [0.5, 0.6) is 0 Å². The van der Waals surface area contributed by atoms with Crippen LogP contribution in [0.1, 0.15) is 67.4 Å². The topological polar surface area (TPSA) is 58.6 Å². The van der Waals surface area contributed by atoms with E-state index in [1.807, 2.05) is 77.7 Å². The molecule has 0 radical (unpaired) electrons. The summed E-state index contributed by atoms with van der Waals surface area (Å²) < 4.78 is 5.80. The van der Waals surface area contributed by atoms with Gasteiger partial charge in [0, 0.05) is 11.8 Å². The summed E-state index contributed by atoms with van der Waals surface area (Å²) in [5, 5.41) is 3.71. The molecular weight excluding hydrogens is 472 g/mol. The Hall–Kier alpha value is -3.86. The Morgan fingerprint density at radius 1 is 0.868 bits per heavy atom. The Bertz CT molecular complexity index is 1160. The van der Waals surface area contributed by atoms with Crippen LogP contribution >= 0.6 is 0 Å². The molecule has 3 atom stereocenters. The minimum Gasteiger partial charge on any atom is -0.460 e. The maximum Gasteiger partial charge on any atom is 0.338 e. The molecule has 0 unspecified atom stereocenters. The van der Waals surface area contributed by atoms with Crippen LogP contribution in [0.25, 0.3) is 0 Å². The van der Waals surface area contributed by atoms with Crippen molar-refractivity contribution in [3.8, 4) is 0 Å². The lowest BCUT2D eigenvalue weighted by molar-refractivity contribution is -0.130. The number of benzene rings is 3. The van der Waals surface area contributed by atoms with Gasteiger partial charge >= 0.3 is 5.97 Å². The van der Waals surface area contributed by atoms with Crippen LogP contribution in [0, 0.1) is 0 Å². The monoisotopic (exact) mass is 510 g/mol. The number of carbonyl (C=O) groups is 2. The quantitative estimate of drug-likeness (QED) is 0.184. The molecule has 5 nitrogen and oxygen atoms in total. The van der Waals surface area contributed by atoms with E-state index in [2.05, 4.69) is 24.4 Å². The standard InChI is InChI=1S/C33H38N2O3/c1-2-3-4-5-15-22-29(34-28-20-13-8-14-21-28)30-23-24-32(36)35(30)31(26-16-9-6-10-17-26)25-38-33(37)27-18-11-7-12-19-27/h6-14,16-21,23-24,29-31,34H,2-5,15,22,25H2,1H3/t29-,30+,31+/m1/s1. The zero-order chi connectivity index (χ0) is 26.6. The molecule has 1 heterocycles. The third kappa shape index (κ3) is 7.34. The molecule has 1 aliphatic heterocycles. The highest BCUT2D eigenvalue weighted by Crippen LogP contribution is 2.32. The molecule has 198 valence electrons. The molecule has 5 heteroatoms. The summed E-state index contributed by atoms with van der Waals surface area (Å²) >= 11 is 0. The third-order valence-corrected chi connectivity index (χ3v) is 7.07. The van der Waals surface area contributed by atoms with Gasteiger partial charge in [-0.2, -0.15) is 0 Å². The lowest BCUT2D eigenvalue weighted by atomic mass is 9.97. The number of hydrogen-bond acceptors (Lipinski definition) is 4.